The van der Waals surface area contributed by atoms with Crippen LogP contribution in [0.15, 0.2) is 24.3 Å². The first-order valence-corrected chi connectivity index (χ1v) is 7.55. The molecule has 0 amide bonds. The Bertz CT molecular complexity index is 629. The highest BCUT2D eigenvalue weighted by Crippen LogP contribution is 2.47. The number of hydrogen-bond donors (Lipinski definition) is 0. The fourth-order valence-corrected chi connectivity index (χ4v) is 4.16. The van der Waals surface area contributed by atoms with Crippen LogP contribution >= 0.6 is 0 Å². The van der Waals surface area contributed by atoms with Crippen LogP contribution in [0.1, 0.15) is 17.9 Å². The topological polar surface area (TPSA) is 46.6 Å². The molecule has 1 aromatic rings. The number of hydrogen-bond acceptors (Lipinski definition) is 3. The monoisotopic (exact) mass is 307 g/mol. The fourth-order valence-electron chi connectivity index (χ4n) is 2.90. The summed E-state index contributed by atoms with van der Waals surface area (Å²) in [6.07, 6.45) is 0.259. The lowest BCUT2D eigenvalue weighted by molar-refractivity contribution is -0.0443. The van der Waals surface area contributed by atoms with Gasteiger partial charge in [-0.3, -0.25) is 4.31 Å². The van der Waals surface area contributed by atoms with Crippen LogP contribution in [0.4, 0.5) is 18.9 Å². The summed E-state index contributed by atoms with van der Waals surface area (Å²) in [5.74, 6) is -0.336. The van der Waals surface area contributed by atoms with Crippen molar-refractivity contribution in [1.82, 2.24) is 0 Å². The van der Waals surface area contributed by atoms with Gasteiger partial charge in [0.2, 0.25) is 0 Å². The molecular formula is C12H12F3NO3S. The minimum Gasteiger partial charge on any atom is -0.381 e. The van der Waals surface area contributed by atoms with Gasteiger partial charge in [0.05, 0.1) is 18.3 Å². The van der Waals surface area contributed by atoms with Crippen molar-refractivity contribution >= 4 is 15.7 Å². The Hall–Kier alpha value is -1.28. The average molecular weight is 307 g/mol. The molecule has 3 rings (SSSR count). The number of alkyl halides is 3. The molecule has 0 unspecified atom stereocenters. The molecule has 1 fully saturated rings. The van der Waals surface area contributed by atoms with E-state index in [1.165, 1.54) is 12.1 Å². The largest absolute Gasteiger partial charge is 0.516 e. The second kappa shape index (κ2) is 4.36. The first-order chi connectivity index (χ1) is 9.34. The molecule has 0 aromatic heterocycles. The van der Waals surface area contributed by atoms with Gasteiger partial charge >= 0.3 is 15.5 Å². The molecule has 20 heavy (non-hydrogen) atoms. The maximum Gasteiger partial charge on any atom is 0.516 e. The highest BCUT2D eigenvalue weighted by atomic mass is 32.2. The van der Waals surface area contributed by atoms with E-state index in [1.807, 2.05) is 0 Å². The van der Waals surface area contributed by atoms with Gasteiger partial charge in [-0.05, 0) is 18.1 Å². The van der Waals surface area contributed by atoms with Crippen molar-refractivity contribution < 1.29 is 26.3 Å². The molecule has 0 aliphatic carbocycles. The van der Waals surface area contributed by atoms with Crippen molar-refractivity contribution in [3.63, 3.8) is 0 Å². The quantitative estimate of drug-likeness (QED) is 0.799. The summed E-state index contributed by atoms with van der Waals surface area (Å²) >= 11 is 0. The first kappa shape index (κ1) is 13.7. The second-order valence-corrected chi connectivity index (χ2v) is 6.65. The van der Waals surface area contributed by atoms with E-state index in [-0.39, 0.29) is 31.2 Å². The molecule has 1 aromatic carbocycles. The molecule has 2 aliphatic rings. The molecule has 2 heterocycles. The first-order valence-electron chi connectivity index (χ1n) is 6.11. The molecule has 0 saturated carbocycles. The molecule has 0 N–H and O–H groups in total. The van der Waals surface area contributed by atoms with Crippen LogP contribution in [0.3, 0.4) is 0 Å². The predicted molar refractivity (Wildman–Crippen MR) is 65.9 cm³/mol. The fraction of sp³-hybridized carbons (Fsp3) is 0.500. The molecule has 0 bridgehead atoms. The maximum absolute atomic E-state index is 12.9. The molecule has 2 atom stereocenters. The minimum absolute atomic E-state index is 0.116. The van der Waals surface area contributed by atoms with Crippen LogP contribution < -0.4 is 4.31 Å². The molecule has 0 radical (unpaired) electrons. The van der Waals surface area contributed by atoms with E-state index in [0.717, 1.165) is 0 Å². The summed E-state index contributed by atoms with van der Waals surface area (Å²) in [6, 6.07) is 5.59. The third-order valence-electron chi connectivity index (χ3n) is 3.75. The maximum atomic E-state index is 12.9. The van der Waals surface area contributed by atoms with E-state index in [4.69, 9.17) is 4.74 Å². The van der Waals surface area contributed by atoms with Gasteiger partial charge in [-0.1, -0.05) is 18.2 Å². The van der Waals surface area contributed by atoms with Crippen LogP contribution in [0.25, 0.3) is 0 Å². The van der Waals surface area contributed by atoms with Crippen LogP contribution in [-0.2, 0) is 14.8 Å². The standard InChI is InChI=1S/C12H12F3NO3S/c13-12(14,15)20(17,18)16-10-4-2-1-3-8(10)9-7-19-6-5-11(9)16/h1-4,9,11H,5-7H2/t9-,11+/m0/s1. The normalized spacial score (nSPS) is 26.2. The van der Waals surface area contributed by atoms with Crippen molar-refractivity contribution in [2.75, 3.05) is 17.5 Å². The molecule has 0 spiro atoms. The summed E-state index contributed by atoms with van der Waals surface area (Å²) in [5.41, 5.74) is -4.58. The van der Waals surface area contributed by atoms with E-state index < -0.39 is 21.6 Å². The summed E-state index contributed by atoms with van der Waals surface area (Å²) in [5, 5.41) is 0. The Kier molecular flexibility index (Phi) is 2.98. The van der Waals surface area contributed by atoms with E-state index >= 15 is 0 Å². The van der Waals surface area contributed by atoms with Gasteiger partial charge in [0.1, 0.15) is 0 Å². The molecular weight excluding hydrogens is 295 g/mol. The Morgan fingerprint density at radius 3 is 2.65 bits per heavy atom. The lowest BCUT2D eigenvalue weighted by atomic mass is 9.93. The zero-order valence-electron chi connectivity index (χ0n) is 10.3. The number of benzene rings is 1. The zero-order valence-corrected chi connectivity index (χ0v) is 11.1. The zero-order chi connectivity index (χ0) is 14.5. The van der Waals surface area contributed by atoms with Gasteiger partial charge in [-0.25, -0.2) is 0 Å². The van der Waals surface area contributed by atoms with E-state index in [1.54, 1.807) is 12.1 Å². The second-order valence-electron chi connectivity index (χ2n) is 4.84. The van der Waals surface area contributed by atoms with Crippen LogP contribution in [-0.4, -0.2) is 33.2 Å². The number of fused-ring (bicyclic) bond motifs is 3. The van der Waals surface area contributed by atoms with Gasteiger partial charge in [0, 0.05) is 12.5 Å². The van der Waals surface area contributed by atoms with E-state index in [2.05, 4.69) is 0 Å². The number of halogens is 3. The van der Waals surface area contributed by atoms with Crippen LogP contribution in [0.2, 0.25) is 0 Å². The van der Waals surface area contributed by atoms with Crippen molar-refractivity contribution in [2.24, 2.45) is 0 Å². The lowest BCUT2D eigenvalue weighted by Crippen LogP contribution is -2.48. The van der Waals surface area contributed by atoms with Crippen LogP contribution in [0, 0.1) is 0 Å². The van der Waals surface area contributed by atoms with E-state index in [9.17, 15) is 21.6 Å². The Balaban J connectivity index is 2.15. The molecule has 8 heteroatoms. The average Bonchev–Trinajstić information content (AvgIpc) is 2.72. The number of rotatable bonds is 1. The lowest BCUT2D eigenvalue weighted by Gasteiger charge is -2.32. The van der Waals surface area contributed by atoms with Gasteiger partial charge < -0.3 is 4.74 Å². The molecule has 2 aliphatic heterocycles. The smallest absolute Gasteiger partial charge is 0.381 e. The van der Waals surface area contributed by atoms with Gasteiger partial charge in [0.25, 0.3) is 0 Å². The SMILES string of the molecule is O=S(=O)(N1c2ccccc2[C@@H]2COCC[C@H]21)C(F)(F)F. The van der Waals surface area contributed by atoms with Gasteiger partial charge in [-0.15, -0.1) is 0 Å². The number of nitrogens with zero attached hydrogens (tertiary/aromatic N) is 1. The summed E-state index contributed by atoms with van der Waals surface area (Å²) in [7, 11) is -5.38. The molecule has 1 saturated heterocycles. The Morgan fingerprint density at radius 2 is 1.95 bits per heavy atom. The van der Waals surface area contributed by atoms with Gasteiger partial charge in [0.15, 0.2) is 0 Å². The summed E-state index contributed by atoms with van der Waals surface area (Å²) < 4.78 is 68.1. The van der Waals surface area contributed by atoms with Crippen molar-refractivity contribution in [3.8, 4) is 0 Å². The summed E-state index contributed by atoms with van der Waals surface area (Å²) in [6.45, 7) is 0.505. The van der Waals surface area contributed by atoms with Crippen molar-refractivity contribution in [1.29, 1.82) is 0 Å². The third kappa shape index (κ3) is 1.81. The summed E-state index contributed by atoms with van der Waals surface area (Å²) in [4.78, 5) is 0. The highest BCUT2D eigenvalue weighted by Gasteiger charge is 2.56. The molecule has 110 valence electrons. The minimum atomic E-state index is -5.38. The van der Waals surface area contributed by atoms with Crippen LogP contribution in [0.5, 0.6) is 0 Å². The Labute approximate surface area is 114 Å². The number of anilines is 1. The number of para-hydroxylation sites is 1. The number of ether oxygens (including phenoxy) is 1. The van der Waals surface area contributed by atoms with Crippen molar-refractivity contribution in [3.05, 3.63) is 29.8 Å². The third-order valence-corrected chi connectivity index (χ3v) is 5.32. The highest BCUT2D eigenvalue weighted by molar-refractivity contribution is 7.93. The number of sulfonamides is 1. The predicted octanol–water partition coefficient (Wildman–Crippen LogP) is 2.23. The van der Waals surface area contributed by atoms with Crippen molar-refractivity contribution in [2.45, 2.75) is 23.9 Å². The Morgan fingerprint density at radius 1 is 1.25 bits per heavy atom. The van der Waals surface area contributed by atoms with E-state index in [0.29, 0.717) is 9.87 Å². The van der Waals surface area contributed by atoms with Gasteiger partial charge in [-0.2, -0.15) is 21.6 Å². The molecule has 4 nitrogen and oxygen atoms in total.